The Labute approximate surface area is 116 Å². The van der Waals surface area contributed by atoms with Crippen molar-refractivity contribution in [1.82, 2.24) is 10.3 Å². The molecule has 6 nitrogen and oxygen atoms in total. The van der Waals surface area contributed by atoms with Gasteiger partial charge in [-0.25, -0.2) is 9.78 Å². The summed E-state index contributed by atoms with van der Waals surface area (Å²) < 4.78 is 4.80. The van der Waals surface area contributed by atoms with Crippen LogP contribution in [0.3, 0.4) is 0 Å². The zero-order chi connectivity index (χ0) is 14.3. The molecule has 1 heterocycles. The van der Waals surface area contributed by atoms with E-state index in [4.69, 9.17) is 4.74 Å². The normalized spacial score (nSPS) is 10.3. The lowest BCUT2D eigenvalue weighted by Gasteiger charge is -2.04. The Bertz CT molecular complexity index is 432. The number of esters is 1. The molecule has 0 spiro atoms. The fourth-order valence-electron chi connectivity index (χ4n) is 1.19. The second kappa shape index (κ2) is 7.73. The summed E-state index contributed by atoms with van der Waals surface area (Å²) in [4.78, 5) is 26.6. The second-order valence-corrected chi connectivity index (χ2v) is 5.25. The molecular weight excluding hydrogens is 266 g/mol. The molecule has 1 amide bonds. The number of amides is 1. The number of nitrogens with zero attached hydrogens (tertiary/aromatic N) is 1. The van der Waals surface area contributed by atoms with Gasteiger partial charge in [-0.15, -0.1) is 11.3 Å². The van der Waals surface area contributed by atoms with Gasteiger partial charge in [0, 0.05) is 19.0 Å². The Balaban J connectivity index is 2.40. The minimum Gasteiger partial charge on any atom is -0.451 e. The summed E-state index contributed by atoms with van der Waals surface area (Å²) in [6.45, 7) is 4.82. The van der Waals surface area contributed by atoms with Gasteiger partial charge in [-0.2, -0.15) is 0 Å². The summed E-state index contributed by atoms with van der Waals surface area (Å²) >= 11 is 1.35. The van der Waals surface area contributed by atoms with E-state index in [0.29, 0.717) is 11.0 Å². The molecule has 1 aromatic heterocycles. The van der Waals surface area contributed by atoms with E-state index in [0.717, 1.165) is 13.0 Å². The van der Waals surface area contributed by atoms with E-state index in [2.05, 4.69) is 29.5 Å². The quantitative estimate of drug-likeness (QED) is 0.742. The molecule has 0 aliphatic carbocycles. The molecule has 0 unspecified atom stereocenters. The minimum atomic E-state index is -0.586. The van der Waals surface area contributed by atoms with Crippen LogP contribution in [0.15, 0.2) is 5.38 Å². The topological polar surface area (TPSA) is 80.3 Å². The second-order valence-electron chi connectivity index (χ2n) is 4.40. The van der Waals surface area contributed by atoms with Gasteiger partial charge in [-0.1, -0.05) is 13.8 Å². The lowest BCUT2D eigenvalue weighted by molar-refractivity contribution is -0.123. The van der Waals surface area contributed by atoms with Crippen LogP contribution >= 0.6 is 11.3 Å². The molecule has 19 heavy (non-hydrogen) atoms. The van der Waals surface area contributed by atoms with Crippen LogP contribution in [0.5, 0.6) is 0 Å². The third-order valence-corrected chi connectivity index (χ3v) is 3.12. The average molecular weight is 285 g/mol. The van der Waals surface area contributed by atoms with Crippen molar-refractivity contribution in [3.63, 3.8) is 0 Å². The van der Waals surface area contributed by atoms with Crippen LogP contribution in [0.4, 0.5) is 5.13 Å². The number of nitrogens with one attached hydrogen (secondary N) is 2. The third kappa shape index (κ3) is 5.69. The van der Waals surface area contributed by atoms with Crippen LogP contribution in [0.25, 0.3) is 0 Å². The number of likely N-dealkylation sites (N-methyl/N-ethyl adjacent to an activating group) is 1. The highest BCUT2D eigenvalue weighted by atomic mass is 32.1. The molecule has 0 saturated carbocycles. The Hall–Kier alpha value is -1.63. The van der Waals surface area contributed by atoms with Crippen molar-refractivity contribution in [3.8, 4) is 0 Å². The summed E-state index contributed by atoms with van der Waals surface area (Å²) in [6.07, 6.45) is 1.04. The molecule has 0 aromatic carbocycles. The Morgan fingerprint density at radius 2 is 2.21 bits per heavy atom. The van der Waals surface area contributed by atoms with E-state index in [-0.39, 0.29) is 18.2 Å². The molecule has 1 rings (SSSR count). The first-order valence-electron chi connectivity index (χ1n) is 6.10. The molecule has 0 radical (unpaired) electrons. The zero-order valence-electron chi connectivity index (χ0n) is 11.4. The number of rotatable bonds is 7. The molecule has 0 atom stereocenters. The maximum atomic E-state index is 11.6. The van der Waals surface area contributed by atoms with Crippen molar-refractivity contribution in [3.05, 3.63) is 11.1 Å². The predicted octanol–water partition coefficient (Wildman–Crippen LogP) is 1.50. The number of hydrogen-bond acceptors (Lipinski definition) is 6. The van der Waals surface area contributed by atoms with Gasteiger partial charge < -0.3 is 15.4 Å². The minimum absolute atomic E-state index is 0.223. The third-order valence-electron chi connectivity index (χ3n) is 2.32. The molecule has 0 aliphatic rings. The van der Waals surface area contributed by atoms with Gasteiger partial charge in [0.25, 0.3) is 5.91 Å². The van der Waals surface area contributed by atoms with Crippen molar-refractivity contribution in [2.75, 3.05) is 25.5 Å². The Morgan fingerprint density at radius 1 is 1.47 bits per heavy atom. The van der Waals surface area contributed by atoms with E-state index in [9.17, 15) is 9.59 Å². The predicted molar refractivity (Wildman–Crippen MR) is 74.4 cm³/mol. The fourth-order valence-corrected chi connectivity index (χ4v) is 1.90. The van der Waals surface area contributed by atoms with E-state index in [1.807, 2.05) is 0 Å². The SMILES string of the molecule is CNC(=O)COC(=O)c1csc(NCCC(C)C)n1. The number of aromatic nitrogens is 1. The first-order chi connectivity index (χ1) is 9.02. The van der Waals surface area contributed by atoms with Crippen LogP contribution in [-0.4, -0.2) is 37.1 Å². The van der Waals surface area contributed by atoms with Gasteiger partial charge in [-0.05, 0) is 12.3 Å². The monoisotopic (exact) mass is 285 g/mol. The van der Waals surface area contributed by atoms with Crippen LogP contribution in [0.1, 0.15) is 30.8 Å². The summed E-state index contributed by atoms with van der Waals surface area (Å²) in [5.74, 6) is -0.319. The van der Waals surface area contributed by atoms with Crippen LogP contribution in [0, 0.1) is 5.92 Å². The van der Waals surface area contributed by atoms with Gasteiger partial charge in [0.05, 0.1) is 0 Å². The molecule has 0 bridgehead atoms. The fraction of sp³-hybridized carbons (Fsp3) is 0.583. The summed E-state index contributed by atoms with van der Waals surface area (Å²) in [5.41, 5.74) is 0.223. The standard InChI is InChI=1S/C12H19N3O3S/c1-8(2)4-5-14-12-15-9(7-19-12)11(17)18-6-10(16)13-3/h7-8H,4-6H2,1-3H3,(H,13,16)(H,14,15). The van der Waals surface area contributed by atoms with E-state index in [1.165, 1.54) is 18.4 Å². The average Bonchev–Trinajstić information content (AvgIpc) is 2.83. The molecule has 1 aromatic rings. The van der Waals surface area contributed by atoms with Gasteiger partial charge in [-0.3, -0.25) is 4.79 Å². The van der Waals surface area contributed by atoms with Crippen LogP contribution in [0.2, 0.25) is 0 Å². The highest BCUT2D eigenvalue weighted by Gasteiger charge is 2.13. The maximum Gasteiger partial charge on any atom is 0.358 e. The number of ether oxygens (including phenoxy) is 1. The van der Waals surface area contributed by atoms with Gasteiger partial charge in [0.1, 0.15) is 0 Å². The van der Waals surface area contributed by atoms with Gasteiger partial charge in [0.2, 0.25) is 0 Å². The molecule has 0 aliphatic heterocycles. The van der Waals surface area contributed by atoms with Crippen molar-refractivity contribution < 1.29 is 14.3 Å². The Morgan fingerprint density at radius 3 is 2.84 bits per heavy atom. The number of hydrogen-bond donors (Lipinski definition) is 2. The van der Waals surface area contributed by atoms with Crippen molar-refractivity contribution in [2.24, 2.45) is 5.92 Å². The first-order valence-corrected chi connectivity index (χ1v) is 6.98. The smallest absolute Gasteiger partial charge is 0.358 e. The van der Waals surface area contributed by atoms with Crippen LogP contribution < -0.4 is 10.6 Å². The van der Waals surface area contributed by atoms with E-state index in [1.54, 1.807) is 5.38 Å². The molecule has 0 fully saturated rings. The number of thiazole rings is 1. The van der Waals surface area contributed by atoms with Crippen molar-refractivity contribution in [1.29, 1.82) is 0 Å². The van der Waals surface area contributed by atoms with E-state index >= 15 is 0 Å². The van der Waals surface area contributed by atoms with Crippen LogP contribution in [-0.2, 0) is 9.53 Å². The molecule has 106 valence electrons. The summed E-state index contributed by atoms with van der Waals surface area (Å²) in [6, 6.07) is 0. The molecule has 7 heteroatoms. The highest BCUT2D eigenvalue weighted by Crippen LogP contribution is 2.16. The molecular formula is C12H19N3O3S. The Kier molecular flexibility index (Phi) is 6.27. The summed E-state index contributed by atoms with van der Waals surface area (Å²) in [5, 5.41) is 7.82. The number of carbonyl (C=O) groups excluding carboxylic acids is 2. The van der Waals surface area contributed by atoms with Crippen molar-refractivity contribution >= 4 is 28.3 Å². The molecule has 0 saturated heterocycles. The lowest BCUT2D eigenvalue weighted by Crippen LogP contribution is -2.25. The first kappa shape index (κ1) is 15.4. The largest absolute Gasteiger partial charge is 0.451 e. The summed E-state index contributed by atoms with van der Waals surface area (Å²) in [7, 11) is 1.48. The number of anilines is 1. The lowest BCUT2D eigenvalue weighted by atomic mass is 10.1. The van der Waals surface area contributed by atoms with Gasteiger partial charge >= 0.3 is 5.97 Å². The number of carbonyl (C=O) groups is 2. The zero-order valence-corrected chi connectivity index (χ0v) is 12.2. The molecule has 2 N–H and O–H groups in total. The highest BCUT2D eigenvalue weighted by molar-refractivity contribution is 7.13. The van der Waals surface area contributed by atoms with Gasteiger partial charge in [0.15, 0.2) is 17.4 Å². The maximum absolute atomic E-state index is 11.6. The van der Waals surface area contributed by atoms with E-state index < -0.39 is 5.97 Å². The van der Waals surface area contributed by atoms with Crippen molar-refractivity contribution in [2.45, 2.75) is 20.3 Å².